The first-order valence-electron chi connectivity index (χ1n) is 6.54. The van der Waals surface area contributed by atoms with Crippen molar-refractivity contribution in [3.05, 3.63) is 60.7 Å². The van der Waals surface area contributed by atoms with E-state index in [2.05, 4.69) is 53.5 Å². The summed E-state index contributed by atoms with van der Waals surface area (Å²) in [5.41, 5.74) is 2.60. The molecule has 1 aromatic heterocycles. The van der Waals surface area contributed by atoms with Crippen molar-refractivity contribution >= 4 is 6.08 Å². The number of nitrogens with one attached hydrogen (secondary N) is 1. The lowest BCUT2D eigenvalue weighted by Gasteiger charge is -2.07. The van der Waals surface area contributed by atoms with E-state index in [1.54, 1.807) is 0 Å². The van der Waals surface area contributed by atoms with Gasteiger partial charge in [0.25, 0.3) is 0 Å². The largest absolute Gasteiger partial charge is 0.250 e. The number of aryl methyl sites for hydroxylation is 1. The second-order valence-electron chi connectivity index (χ2n) is 4.75. The van der Waals surface area contributed by atoms with Gasteiger partial charge in [-0.2, -0.15) is 0 Å². The smallest absolute Gasteiger partial charge is 0.241 e. The summed E-state index contributed by atoms with van der Waals surface area (Å²) >= 11 is 0. The summed E-state index contributed by atoms with van der Waals surface area (Å²) in [4.78, 5) is 3.08. The molecule has 1 N–H and O–H groups in total. The standard InChI is InChI=1S/C16H20N2/c1-3-15-7-9-16(10-8-15)6-4-5-14(2)18-12-11-17-13-18/h3,7-14H,1,4-6H2,2H3/p+1. The number of hydrogen-bond acceptors (Lipinski definition) is 0. The van der Waals surface area contributed by atoms with Gasteiger partial charge in [0.1, 0.15) is 12.4 Å². The average Bonchev–Trinajstić information content (AvgIpc) is 2.93. The maximum atomic E-state index is 3.77. The molecular formula is C16H21N2+. The van der Waals surface area contributed by atoms with Crippen molar-refractivity contribution in [3.8, 4) is 0 Å². The van der Waals surface area contributed by atoms with Gasteiger partial charge in [0.15, 0.2) is 0 Å². The Morgan fingerprint density at radius 1 is 1.33 bits per heavy atom. The van der Waals surface area contributed by atoms with E-state index >= 15 is 0 Å². The lowest BCUT2D eigenvalue weighted by atomic mass is 10.0. The van der Waals surface area contributed by atoms with Crippen LogP contribution in [0.3, 0.4) is 0 Å². The zero-order chi connectivity index (χ0) is 12.8. The molecule has 1 unspecified atom stereocenters. The van der Waals surface area contributed by atoms with Gasteiger partial charge in [-0.05, 0) is 37.3 Å². The summed E-state index contributed by atoms with van der Waals surface area (Å²) < 4.78 is 2.22. The number of rotatable bonds is 6. The third-order valence-electron chi connectivity index (χ3n) is 3.38. The summed E-state index contributed by atoms with van der Waals surface area (Å²) in [5.74, 6) is 0. The third kappa shape index (κ3) is 3.33. The lowest BCUT2D eigenvalue weighted by molar-refractivity contribution is -0.719. The number of imidazole rings is 1. The van der Waals surface area contributed by atoms with Crippen molar-refractivity contribution < 1.29 is 4.57 Å². The van der Waals surface area contributed by atoms with Crippen LogP contribution in [0.4, 0.5) is 0 Å². The quantitative estimate of drug-likeness (QED) is 0.746. The first-order valence-corrected chi connectivity index (χ1v) is 6.54. The highest BCUT2D eigenvalue weighted by Crippen LogP contribution is 2.12. The van der Waals surface area contributed by atoms with E-state index in [0.717, 1.165) is 6.42 Å². The van der Waals surface area contributed by atoms with Gasteiger partial charge in [0.2, 0.25) is 6.33 Å². The number of benzene rings is 1. The fraction of sp³-hybridized carbons (Fsp3) is 0.312. The number of nitrogens with zero attached hydrogens (tertiary/aromatic N) is 1. The summed E-state index contributed by atoms with van der Waals surface area (Å²) in [6.45, 7) is 6.03. The molecule has 1 aromatic carbocycles. The highest BCUT2D eigenvalue weighted by atomic mass is 15.0. The molecule has 0 saturated carbocycles. The van der Waals surface area contributed by atoms with Crippen LogP contribution in [-0.2, 0) is 6.42 Å². The van der Waals surface area contributed by atoms with E-state index in [0.29, 0.717) is 6.04 Å². The molecule has 0 fully saturated rings. The van der Waals surface area contributed by atoms with Gasteiger partial charge in [-0.25, -0.2) is 4.57 Å². The van der Waals surface area contributed by atoms with Gasteiger partial charge in [0, 0.05) is 0 Å². The normalized spacial score (nSPS) is 12.3. The summed E-state index contributed by atoms with van der Waals surface area (Å²) in [6, 6.07) is 9.22. The van der Waals surface area contributed by atoms with Gasteiger partial charge in [-0.3, -0.25) is 4.98 Å². The molecule has 2 nitrogen and oxygen atoms in total. The Labute approximate surface area is 109 Å². The topological polar surface area (TPSA) is 19.7 Å². The Balaban J connectivity index is 1.79. The SMILES string of the molecule is C=Cc1ccc(CCCC(C)[n+]2cc[nH]c2)cc1. The molecule has 1 heterocycles. The first-order chi connectivity index (χ1) is 8.79. The minimum Gasteiger partial charge on any atom is -0.250 e. The average molecular weight is 241 g/mol. The molecule has 2 aromatic rings. The zero-order valence-corrected chi connectivity index (χ0v) is 11.0. The van der Waals surface area contributed by atoms with Crippen LogP contribution in [0, 0.1) is 0 Å². The summed E-state index contributed by atoms with van der Waals surface area (Å²) in [7, 11) is 0. The highest BCUT2D eigenvalue weighted by molar-refractivity contribution is 5.47. The fourth-order valence-corrected chi connectivity index (χ4v) is 2.15. The Morgan fingerprint density at radius 2 is 2.11 bits per heavy atom. The van der Waals surface area contributed by atoms with Gasteiger partial charge in [-0.15, -0.1) is 0 Å². The molecule has 94 valence electrons. The van der Waals surface area contributed by atoms with Crippen LogP contribution < -0.4 is 4.57 Å². The molecule has 0 bridgehead atoms. The van der Waals surface area contributed by atoms with Gasteiger partial charge < -0.3 is 0 Å². The maximum absolute atomic E-state index is 3.77. The second kappa shape index (κ2) is 6.20. The first kappa shape index (κ1) is 12.6. The van der Waals surface area contributed by atoms with Gasteiger partial charge >= 0.3 is 0 Å². The Hall–Kier alpha value is -1.83. The molecule has 2 heteroatoms. The number of aromatic nitrogens is 2. The molecule has 0 amide bonds. The second-order valence-corrected chi connectivity index (χ2v) is 4.75. The lowest BCUT2D eigenvalue weighted by Crippen LogP contribution is -2.34. The van der Waals surface area contributed by atoms with E-state index in [4.69, 9.17) is 0 Å². The van der Waals surface area contributed by atoms with Gasteiger partial charge in [0.05, 0.1) is 6.04 Å². The number of hydrogen-bond donors (Lipinski definition) is 1. The van der Waals surface area contributed by atoms with Crippen LogP contribution in [-0.4, -0.2) is 4.98 Å². The van der Waals surface area contributed by atoms with Crippen LogP contribution in [0.15, 0.2) is 49.6 Å². The van der Waals surface area contributed by atoms with Crippen LogP contribution in [0.5, 0.6) is 0 Å². The Bertz CT molecular complexity index is 468. The maximum Gasteiger partial charge on any atom is 0.241 e. The predicted molar refractivity (Wildman–Crippen MR) is 75.2 cm³/mol. The number of aromatic amines is 1. The molecule has 0 saturated heterocycles. The van der Waals surface area contributed by atoms with Crippen molar-refractivity contribution in [1.29, 1.82) is 0 Å². The highest BCUT2D eigenvalue weighted by Gasteiger charge is 2.08. The van der Waals surface area contributed by atoms with Crippen LogP contribution in [0.2, 0.25) is 0 Å². The molecule has 0 aliphatic heterocycles. The number of H-pyrrole nitrogens is 1. The molecular weight excluding hydrogens is 220 g/mol. The zero-order valence-electron chi connectivity index (χ0n) is 11.0. The van der Waals surface area contributed by atoms with E-state index in [1.165, 1.54) is 24.0 Å². The Kier molecular flexibility index (Phi) is 4.35. The summed E-state index contributed by atoms with van der Waals surface area (Å²) in [6.07, 6.45) is 11.5. The fourth-order valence-electron chi connectivity index (χ4n) is 2.15. The van der Waals surface area contributed by atoms with E-state index in [1.807, 2.05) is 18.6 Å². The van der Waals surface area contributed by atoms with Gasteiger partial charge in [-0.1, -0.05) is 36.9 Å². The van der Waals surface area contributed by atoms with E-state index < -0.39 is 0 Å². The monoisotopic (exact) mass is 241 g/mol. The van der Waals surface area contributed by atoms with Crippen LogP contribution in [0.1, 0.15) is 36.9 Å². The van der Waals surface area contributed by atoms with E-state index in [-0.39, 0.29) is 0 Å². The third-order valence-corrected chi connectivity index (χ3v) is 3.38. The van der Waals surface area contributed by atoms with Crippen LogP contribution >= 0.6 is 0 Å². The van der Waals surface area contributed by atoms with Crippen molar-refractivity contribution in [2.24, 2.45) is 0 Å². The van der Waals surface area contributed by atoms with Crippen molar-refractivity contribution in [1.82, 2.24) is 4.98 Å². The molecule has 0 aliphatic rings. The van der Waals surface area contributed by atoms with E-state index in [9.17, 15) is 0 Å². The van der Waals surface area contributed by atoms with Crippen LogP contribution in [0.25, 0.3) is 6.08 Å². The predicted octanol–water partition coefficient (Wildman–Crippen LogP) is 3.53. The van der Waals surface area contributed by atoms with Crippen molar-refractivity contribution in [3.63, 3.8) is 0 Å². The molecule has 0 aliphatic carbocycles. The molecule has 0 spiro atoms. The Morgan fingerprint density at radius 3 is 2.72 bits per heavy atom. The van der Waals surface area contributed by atoms with Crippen molar-refractivity contribution in [2.45, 2.75) is 32.2 Å². The molecule has 0 radical (unpaired) electrons. The molecule has 2 rings (SSSR count). The minimum absolute atomic E-state index is 0.559. The summed E-state index contributed by atoms with van der Waals surface area (Å²) in [5, 5.41) is 0. The van der Waals surface area contributed by atoms with Crippen molar-refractivity contribution in [2.75, 3.05) is 0 Å². The minimum atomic E-state index is 0.559. The molecule has 18 heavy (non-hydrogen) atoms. The molecule has 1 atom stereocenters.